The molecule has 0 spiro atoms. The molecule has 2 aromatic rings. The van der Waals surface area contributed by atoms with Crippen molar-refractivity contribution in [1.82, 2.24) is 0 Å². The monoisotopic (exact) mass is 267 g/mol. The standard InChI is InChI=1S/C14H15F2NS/c15-13-4-1-5-14(16)12(13)9-10(17)6-7-11-3-2-8-18-11/h1-5,8,10H,6-7,9,17H2. The Morgan fingerprint density at radius 3 is 2.44 bits per heavy atom. The summed E-state index contributed by atoms with van der Waals surface area (Å²) >= 11 is 1.67. The van der Waals surface area contributed by atoms with Crippen LogP contribution in [0.25, 0.3) is 0 Å². The molecule has 0 bridgehead atoms. The first kappa shape index (κ1) is 13.2. The second-order valence-corrected chi connectivity index (χ2v) is 5.31. The Kier molecular flexibility index (Phi) is 4.44. The van der Waals surface area contributed by atoms with E-state index < -0.39 is 11.6 Å². The molecule has 1 unspecified atom stereocenters. The van der Waals surface area contributed by atoms with Gasteiger partial charge in [0.1, 0.15) is 11.6 Å². The van der Waals surface area contributed by atoms with E-state index in [9.17, 15) is 8.78 Å². The van der Waals surface area contributed by atoms with Crippen LogP contribution in [0, 0.1) is 11.6 Å². The normalized spacial score (nSPS) is 12.6. The van der Waals surface area contributed by atoms with Crippen molar-refractivity contribution in [2.45, 2.75) is 25.3 Å². The minimum atomic E-state index is -0.512. The molecule has 1 nitrogen and oxygen atoms in total. The van der Waals surface area contributed by atoms with Crippen molar-refractivity contribution in [3.63, 3.8) is 0 Å². The number of benzene rings is 1. The van der Waals surface area contributed by atoms with E-state index in [0.29, 0.717) is 0 Å². The van der Waals surface area contributed by atoms with E-state index in [1.165, 1.54) is 23.1 Å². The molecule has 18 heavy (non-hydrogen) atoms. The largest absolute Gasteiger partial charge is 0.327 e. The van der Waals surface area contributed by atoms with E-state index in [-0.39, 0.29) is 18.0 Å². The SMILES string of the molecule is NC(CCc1cccs1)Cc1c(F)cccc1F. The molecule has 0 saturated carbocycles. The van der Waals surface area contributed by atoms with Gasteiger partial charge in [-0.15, -0.1) is 11.3 Å². The van der Waals surface area contributed by atoms with E-state index >= 15 is 0 Å². The van der Waals surface area contributed by atoms with Gasteiger partial charge in [-0.05, 0) is 42.8 Å². The van der Waals surface area contributed by atoms with Crippen LogP contribution in [0.4, 0.5) is 8.78 Å². The maximum absolute atomic E-state index is 13.4. The number of halogens is 2. The second-order valence-electron chi connectivity index (χ2n) is 4.28. The summed E-state index contributed by atoms with van der Waals surface area (Å²) in [5.74, 6) is -1.02. The molecule has 1 aromatic carbocycles. The Balaban J connectivity index is 1.92. The summed E-state index contributed by atoms with van der Waals surface area (Å²) in [6.45, 7) is 0. The van der Waals surface area contributed by atoms with Crippen LogP contribution in [0.15, 0.2) is 35.7 Å². The van der Waals surface area contributed by atoms with Gasteiger partial charge in [0.2, 0.25) is 0 Å². The molecule has 0 amide bonds. The fourth-order valence-corrected chi connectivity index (χ4v) is 2.60. The quantitative estimate of drug-likeness (QED) is 0.881. The molecule has 0 radical (unpaired) electrons. The first-order valence-corrected chi connectivity index (χ1v) is 6.75. The minimum Gasteiger partial charge on any atom is -0.327 e. The number of hydrogen-bond acceptors (Lipinski definition) is 2. The predicted octanol–water partition coefficient (Wildman–Crippen LogP) is 3.53. The lowest BCUT2D eigenvalue weighted by Gasteiger charge is -2.12. The highest BCUT2D eigenvalue weighted by molar-refractivity contribution is 7.09. The topological polar surface area (TPSA) is 26.0 Å². The van der Waals surface area contributed by atoms with E-state index in [2.05, 4.69) is 0 Å². The first-order valence-electron chi connectivity index (χ1n) is 5.87. The Bertz CT molecular complexity index is 476. The van der Waals surface area contributed by atoms with Gasteiger partial charge in [-0.1, -0.05) is 12.1 Å². The van der Waals surface area contributed by atoms with Crippen LogP contribution >= 0.6 is 11.3 Å². The summed E-state index contributed by atoms with van der Waals surface area (Å²) in [4.78, 5) is 1.25. The molecule has 0 aliphatic carbocycles. The van der Waals surface area contributed by atoms with Gasteiger partial charge in [-0.3, -0.25) is 0 Å². The lowest BCUT2D eigenvalue weighted by atomic mass is 10.0. The van der Waals surface area contributed by atoms with Gasteiger partial charge in [0.15, 0.2) is 0 Å². The van der Waals surface area contributed by atoms with Crippen LogP contribution < -0.4 is 5.73 Å². The average molecular weight is 267 g/mol. The molecule has 1 atom stereocenters. The fourth-order valence-electron chi connectivity index (χ4n) is 1.87. The first-order chi connectivity index (χ1) is 8.66. The van der Waals surface area contributed by atoms with Crippen LogP contribution in [0.5, 0.6) is 0 Å². The molecule has 0 saturated heterocycles. The Morgan fingerprint density at radius 1 is 1.11 bits per heavy atom. The van der Waals surface area contributed by atoms with Crippen LogP contribution in [0.3, 0.4) is 0 Å². The summed E-state index contributed by atoms with van der Waals surface area (Å²) in [6.07, 6.45) is 1.83. The van der Waals surface area contributed by atoms with Gasteiger partial charge in [0, 0.05) is 16.5 Å². The van der Waals surface area contributed by atoms with Gasteiger partial charge >= 0.3 is 0 Å². The maximum Gasteiger partial charge on any atom is 0.129 e. The van der Waals surface area contributed by atoms with Crippen molar-refractivity contribution in [2.24, 2.45) is 5.73 Å². The van der Waals surface area contributed by atoms with E-state index in [4.69, 9.17) is 5.73 Å². The van der Waals surface area contributed by atoms with Gasteiger partial charge in [0.25, 0.3) is 0 Å². The van der Waals surface area contributed by atoms with Crippen LogP contribution in [0.2, 0.25) is 0 Å². The zero-order valence-electron chi connectivity index (χ0n) is 9.90. The van der Waals surface area contributed by atoms with Crippen molar-refractivity contribution in [3.8, 4) is 0 Å². The molecule has 0 fully saturated rings. The van der Waals surface area contributed by atoms with Crippen molar-refractivity contribution in [1.29, 1.82) is 0 Å². The van der Waals surface area contributed by atoms with Crippen LogP contribution in [-0.4, -0.2) is 6.04 Å². The molecule has 1 aromatic heterocycles. The molecule has 96 valence electrons. The Morgan fingerprint density at radius 2 is 1.83 bits per heavy atom. The Hall–Kier alpha value is -1.26. The summed E-state index contributed by atoms with van der Waals surface area (Å²) in [6, 6.07) is 7.71. The molecule has 1 heterocycles. The van der Waals surface area contributed by atoms with Crippen LogP contribution in [-0.2, 0) is 12.8 Å². The lowest BCUT2D eigenvalue weighted by Crippen LogP contribution is -2.24. The molecule has 0 aliphatic heterocycles. The molecule has 2 rings (SSSR count). The molecule has 2 N–H and O–H groups in total. The second kappa shape index (κ2) is 6.07. The number of nitrogens with two attached hydrogens (primary N) is 1. The van der Waals surface area contributed by atoms with E-state index in [0.717, 1.165) is 12.8 Å². The predicted molar refractivity (Wildman–Crippen MR) is 70.7 cm³/mol. The van der Waals surface area contributed by atoms with Crippen molar-refractivity contribution in [3.05, 3.63) is 57.8 Å². The van der Waals surface area contributed by atoms with Crippen molar-refractivity contribution < 1.29 is 8.78 Å². The highest BCUT2D eigenvalue weighted by Gasteiger charge is 2.12. The number of rotatable bonds is 5. The number of thiophene rings is 1. The molecular formula is C14H15F2NS. The summed E-state index contributed by atoms with van der Waals surface area (Å²) in [5.41, 5.74) is 6.03. The Labute approximate surface area is 109 Å². The summed E-state index contributed by atoms with van der Waals surface area (Å²) < 4.78 is 26.9. The van der Waals surface area contributed by atoms with Gasteiger partial charge in [-0.2, -0.15) is 0 Å². The zero-order chi connectivity index (χ0) is 13.0. The third kappa shape index (κ3) is 3.37. The van der Waals surface area contributed by atoms with Gasteiger partial charge < -0.3 is 5.73 Å². The van der Waals surface area contributed by atoms with E-state index in [1.54, 1.807) is 11.3 Å². The average Bonchev–Trinajstić information content (AvgIpc) is 2.84. The molecule has 0 aliphatic rings. The summed E-state index contributed by atoms with van der Waals surface area (Å²) in [5, 5.41) is 2.01. The number of aryl methyl sites for hydroxylation is 1. The summed E-state index contributed by atoms with van der Waals surface area (Å²) in [7, 11) is 0. The fraction of sp³-hybridized carbons (Fsp3) is 0.286. The van der Waals surface area contributed by atoms with E-state index in [1.807, 2.05) is 17.5 Å². The number of hydrogen-bond donors (Lipinski definition) is 1. The van der Waals surface area contributed by atoms with Gasteiger partial charge in [0.05, 0.1) is 0 Å². The lowest BCUT2D eigenvalue weighted by molar-refractivity contribution is 0.524. The molecule has 4 heteroatoms. The van der Waals surface area contributed by atoms with Gasteiger partial charge in [-0.25, -0.2) is 8.78 Å². The maximum atomic E-state index is 13.4. The highest BCUT2D eigenvalue weighted by Crippen LogP contribution is 2.17. The molecular weight excluding hydrogens is 252 g/mol. The zero-order valence-corrected chi connectivity index (χ0v) is 10.7. The highest BCUT2D eigenvalue weighted by atomic mass is 32.1. The third-order valence-corrected chi connectivity index (χ3v) is 3.81. The van der Waals surface area contributed by atoms with Crippen molar-refractivity contribution >= 4 is 11.3 Å². The third-order valence-electron chi connectivity index (χ3n) is 2.87. The minimum absolute atomic E-state index is 0.0937. The van der Waals surface area contributed by atoms with Crippen LogP contribution in [0.1, 0.15) is 16.9 Å². The van der Waals surface area contributed by atoms with Crippen molar-refractivity contribution in [2.75, 3.05) is 0 Å². The smallest absolute Gasteiger partial charge is 0.129 e.